The van der Waals surface area contributed by atoms with Crippen LogP contribution in [0.25, 0.3) is 0 Å². The molecule has 1 fully saturated rings. The second kappa shape index (κ2) is 8.55. The highest BCUT2D eigenvalue weighted by Gasteiger charge is 2.50. The molecule has 1 aromatic heterocycles. The molecule has 0 saturated carbocycles. The highest BCUT2D eigenvalue weighted by Crippen LogP contribution is 2.48. The van der Waals surface area contributed by atoms with Crippen molar-refractivity contribution in [3.05, 3.63) is 98.6 Å². The molecule has 2 N–H and O–H groups in total. The summed E-state index contributed by atoms with van der Waals surface area (Å²) >= 11 is 0. The zero-order valence-electron chi connectivity index (χ0n) is 20.5. The van der Waals surface area contributed by atoms with E-state index in [-0.39, 0.29) is 40.9 Å². The number of piperidine rings is 1. The van der Waals surface area contributed by atoms with E-state index in [1.165, 1.54) is 11.1 Å². The minimum atomic E-state index is -0.954. The Kier molecular flexibility index (Phi) is 5.25. The monoisotopic (exact) mass is 498 g/mol. The number of quaternary nitrogens is 1. The molecule has 3 aromatic rings. The first-order valence-electron chi connectivity index (χ1n) is 13.2. The maximum Gasteiger partial charge on any atom is 0.250 e. The van der Waals surface area contributed by atoms with Gasteiger partial charge in [-0.3, -0.25) is 9.59 Å². The van der Waals surface area contributed by atoms with Crippen LogP contribution < -0.4 is 15.7 Å². The lowest BCUT2D eigenvalue weighted by Gasteiger charge is -2.54. The summed E-state index contributed by atoms with van der Waals surface area (Å²) in [7, 11) is 0. The van der Waals surface area contributed by atoms with E-state index in [0.717, 1.165) is 36.3 Å². The van der Waals surface area contributed by atoms with Crippen molar-refractivity contribution in [3.8, 4) is 0 Å². The highest BCUT2D eigenvalue weighted by atomic mass is 16.8. The predicted octanol–water partition coefficient (Wildman–Crippen LogP) is 2.00. The third-order valence-corrected chi connectivity index (χ3v) is 9.01. The third kappa shape index (κ3) is 3.62. The van der Waals surface area contributed by atoms with Crippen LogP contribution in [0.2, 0.25) is 0 Å². The molecule has 0 spiro atoms. The molecule has 0 radical (unpaired) electrons. The summed E-state index contributed by atoms with van der Waals surface area (Å²) in [5.74, 6) is 0.227. The number of anilines is 1. The van der Waals surface area contributed by atoms with E-state index in [9.17, 15) is 20.0 Å². The van der Waals surface area contributed by atoms with E-state index >= 15 is 0 Å². The molecule has 4 aliphatic heterocycles. The summed E-state index contributed by atoms with van der Waals surface area (Å²) in [5.41, 5.74) is 5.80. The lowest BCUT2D eigenvalue weighted by molar-refractivity contribution is -0.991. The number of amides is 1. The fourth-order valence-corrected chi connectivity index (χ4v) is 7.39. The van der Waals surface area contributed by atoms with Gasteiger partial charge in [-0.25, -0.2) is 5.21 Å². The van der Waals surface area contributed by atoms with Crippen LogP contribution in [0.4, 0.5) is 11.4 Å². The lowest BCUT2D eigenvalue weighted by atomic mass is 9.69. The minimum absolute atomic E-state index is 0.0237. The summed E-state index contributed by atoms with van der Waals surface area (Å²) in [4.78, 5) is 31.3. The van der Waals surface area contributed by atoms with Crippen molar-refractivity contribution in [2.75, 3.05) is 18.0 Å². The van der Waals surface area contributed by atoms with Gasteiger partial charge in [0.1, 0.15) is 0 Å². The van der Waals surface area contributed by atoms with E-state index in [0.29, 0.717) is 26.1 Å². The summed E-state index contributed by atoms with van der Waals surface area (Å²) in [6.45, 7) is 2.63. The number of carbonyl (C=O) groups excluding carboxylic acids is 1. The van der Waals surface area contributed by atoms with Crippen molar-refractivity contribution < 1.29 is 15.2 Å². The molecule has 2 bridgehead atoms. The molecule has 8 heteroatoms. The van der Waals surface area contributed by atoms with Gasteiger partial charge in [0.15, 0.2) is 5.69 Å². The molecule has 0 aliphatic carbocycles. The lowest BCUT2D eigenvalue weighted by Crippen LogP contribution is -2.99. The van der Waals surface area contributed by atoms with Gasteiger partial charge >= 0.3 is 0 Å². The number of nitrogens with zero attached hydrogens (tertiary/aromatic N) is 3. The summed E-state index contributed by atoms with van der Waals surface area (Å²) < 4.78 is 1.91. The Balaban J connectivity index is 1.29. The van der Waals surface area contributed by atoms with Gasteiger partial charge in [0.2, 0.25) is 5.91 Å². The van der Waals surface area contributed by atoms with Crippen molar-refractivity contribution in [3.63, 3.8) is 0 Å². The van der Waals surface area contributed by atoms with Crippen molar-refractivity contribution in [1.29, 1.82) is 0 Å². The van der Waals surface area contributed by atoms with E-state index < -0.39 is 5.23 Å². The molecule has 37 heavy (non-hydrogen) atoms. The number of rotatable bonds is 2. The van der Waals surface area contributed by atoms with Gasteiger partial charge in [0.25, 0.3) is 5.56 Å². The Morgan fingerprint density at radius 1 is 1.00 bits per heavy atom. The molecule has 1 saturated heterocycles. The van der Waals surface area contributed by atoms with Gasteiger partial charge in [-0.15, -0.1) is 0 Å². The average Bonchev–Trinajstić information content (AvgIpc) is 2.92. The first-order valence-corrected chi connectivity index (χ1v) is 13.2. The topological polar surface area (TPSA) is 93.3 Å². The predicted molar refractivity (Wildman–Crippen MR) is 138 cm³/mol. The summed E-state index contributed by atoms with van der Waals surface area (Å²) in [6, 6.07) is 19.2. The molecule has 5 unspecified atom stereocenters. The fourth-order valence-electron chi connectivity index (χ4n) is 7.39. The second-order valence-electron chi connectivity index (χ2n) is 11.0. The standard InChI is InChI=1S/C29H30N4O4/c34-27-7-3-6-25-21-12-22(17-31(25)27)28-24(29(35)30-11-10-18-4-1-2-5-19(18)15-30)14-20-13-23(33(36)37)8-9-26(20)32(28)16-21/h1-9,13,21-22,24,28,33,36H,10-12,14-17H2. The van der Waals surface area contributed by atoms with Crippen molar-refractivity contribution in [2.45, 2.75) is 44.3 Å². The molecule has 4 aliphatic rings. The number of hydrogen-bond donors (Lipinski definition) is 2. The smallest absolute Gasteiger partial charge is 0.250 e. The molecule has 2 aromatic carbocycles. The number of nitrogens with one attached hydrogen (secondary N) is 1. The van der Waals surface area contributed by atoms with Crippen LogP contribution in [0, 0.1) is 17.0 Å². The SMILES string of the molecule is O=C(C1Cc2cc([NH+]([O-])O)ccc2N2CC3CC(Cn4c3cccc4=O)C12)N1CCc2ccccc2C1. The molecule has 7 rings (SSSR count). The van der Waals surface area contributed by atoms with Crippen LogP contribution in [-0.2, 0) is 30.7 Å². The number of hydrogen-bond acceptors (Lipinski definition) is 5. The zero-order valence-corrected chi connectivity index (χ0v) is 20.5. The van der Waals surface area contributed by atoms with Crippen molar-refractivity contribution in [1.82, 2.24) is 9.47 Å². The quantitative estimate of drug-likeness (QED) is 0.528. The molecule has 5 heterocycles. The highest BCUT2D eigenvalue weighted by molar-refractivity contribution is 5.83. The van der Waals surface area contributed by atoms with Crippen LogP contribution in [0.1, 0.15) is 34.7 Å². The van der Waals surface area contributed by atoms with Gasteiger partial charge in [0, 0.05) is 67.7 Å². The van der Waals surface area contributed by atoms with Crippen molar-refractivity contribution >= 4 is 17.3 Å². The number of benzene rings is 2. The van der Waals surface area contributed by atoms with E-state index in [2.05, 4.69) is 23.1 Å². The van der Waals surface area contributed by atoms with Gasteiger partial charge in [-0.1, -0.05) is 30.3 Å². The van der Waals surface area contributed by atoms with E-state index in [1.54, 1.807) is 18.2 Å². The fraction of sp³-hybridized carbons (Fsp3) is 0.379. The maximum atomic E-state index is 14.2. The van der Waals surface area contributed by atoms with Crippen LogP contribution in [0.5, 0.6) is 0 Å². The van der Waals surface area contributed by atoms with Crippen LogP contribution >= 0.6 is 0 Å². The molecule has 8 nitrogen and oxygen atoms in total. The molecular weight excluding hydrogens is 468 g/mol. The molecule has 5 atom stereocenters. The Hall–Kier alpha value is -3.46. The largest absolute Gasteiger partial charge is 0.595 e. The van der Waals surface area contributed by atoms with E-state index in [1.807, 2.05) is 33.7 Å². The zero-order chi connectivity index (χ0) is 25.3. The first kappa shape index (κ1) is 22.7. The molecule has 190 valence electrons. The van der Waals surface area contributed by atoms with E-state index in [4.69, 9.17) is 0 Å². The summed E-state index contributed by atoms with van der Waals surface area (Å²) in [5, 5.41) is 20.4. The Labute approximate surface area is 214 Å². The number of aromatic nitrogens is 1. The maximum absolute atomic E-state index is 14.2. The first-order chi connectivity index (χ1) is 18.0. The minimum Gasteiger partial charge on any atom is -0.595 e. The molecule has 1 amide bonds. The van der Waals surface area contributed by atoms with Gasteiger partial charge in [-0.2, -0.15) is 5.23 Å². The average molecular weight is 499 g/mol. The van der Waals surface area contributed by atoms with Crippen LogP contribution in [0.15, 0.2) is 65.5 Å². The van der Waals surface area contributed by atoms with Crippen LogP contribution in [0.3, 0.4) is 0 Å². The Morgan fingerprint density at radius 3 is 2.68 bits per heavy atom. The Morgan fingerprint density at radius 2 is 1.84 bits per heavy atom. The van der Waals surface area contributed by atoms with Gasteiger partial charge in [-0.05, 0) is 54.0 Å². The van der Waals surface area contributed by atoms with Gasteiger partial charge < -0.3 is 19.6 Å². The normalized spacial score (nSPS) is 26.4. The Bertz CT molecular complexity index is 1450. The van der Waals surface area contributed by atoms with Crippen LogP contribution in [-0.4, -0.2) is 39.7 Å². The third-order valence-electron chi connectivity index (χ3n) is 9.01. The van der Waals surface area contributed by atoms with Gasteiger partial charge in [0.05, 0.1) is 5.92 Å². The second-order valence-corrected chi connectivity index (χ2v) is 11.0. The number of carbonyl (C=O) groups is 1. The summed E-state index contributed by atoms with van der Waals surface area (Å²) in [6.07, 6.45) is 2.32. The number of fused-ring (bicyclic) bond motifs is 9. The van der Waals surface area contributed by atoms with Crippen molar-refractivity contribution in [2.24, 2.45) is 11.8 Å². The molecular formula is C29H30N4O4. The number of pyridine rings is 1.